The first kappa shape index (κ1) is 11.5. The molecule has 0 radical (unpaired) electrons. The van der Waals surface area contributed by atoms with Crippen molar-refractivity contribution in [3.63, 3.8) is 0 Å². The lowest BCUT2D eigenvalue weighted by Gasteiger charge is -2.23. The van der Waals surface area contributed by atoms with Crippen LogP contribution in [-0.4, -0.2) is 0 Å². The number of hydrogen-bond donors (Lipinski definition) is 0. The average molecular weight is 356 g/mol. The molecule has 0 saturated carbocycles. The minimum atomic E-state index is 1.16. The molecule has 0 saturated heterocycles. The zero-order valence-electron chi connectivity index (χ0n) is 10.5. The molecule has 0 heterocycles. The predicted molar refractivity (Wildman–Crippen MR) is 89.5 cm³/mol. The summed E-state index contributed by atoms with van der Waals surface area (Å²) in [5.74, 6) is 0. The third-order valence-electron chi connectivity index (χ3n) is 4.03. The van der Waals surface area contributed by atoms with Crippen molar-refractivity contribution in [1.29, 1.82) is 0 Å². The van der Waals surface area contributed by atoms with Crippen molar-refractivity contribution >= 4 is 33.4 Å². The molecule has 0 bridgehead atoms. The Balaban J connectivity index is 2.19. The van der Waals surface area contributed by atoms with Gasteiger partial charge < -0.3 is 0 Å². The molecule has 0 aromatic heterocycles. The van der Waals surface area contributed by atoms with Crippen LogP contribution in [-0.2, 0) is 12.8 Å². The molecule has 92 valence electrons. The van der Waals surface area contributed by atoms with Gasteiger partial charge in [-0.1, -0.05) is 48.5 Å². The Morgan fingerprint density at radius 3 is 2.58 bits per heavy atom. The lowest BCUT2D eigenvalue weighted by molar-refractivity contribution is 0.939. The van der Waals surface area contributed by atoms with Gasteiger partial charge in [0.15, 0.2) is 0 Å². The quantitative estimate of drug-likeness (QED) is 0.485. The summed E-state index contributed by atoms with van der Waals surface area (Å²) in [4.78, 5) is 0. The van der Waals surface area contributed by atoms with Gasteiger partial charge in [0.25, 0.3) is 0 Å². The molecule has 0 nitrogen and oxygen atoms in total. The second-order valence-corrected chi connectivity index (χ2v) is 6.25. The fourth-order valence-electron chi connectivity index (χ4n) is 3.15. The van der Waals surface area contributed by atoms with Gasteiger partial charge in [0.05, 0.1) is 0 Å². The van der Waals surface area contributed by atoms with E-state index in [9.17, 15) is 0 Å². The molecule has 0 spiro atoms. The molecule has 0 unspecified atom stereocenters. The smallest absolute Gasteiger partial charge is 0.0175 e. The fourth-order valence-corrected chi connectivity index (χ4v) is 4.02. The fraction of sp³-hybridized carbons (Fsp3) is 0.111. The number of aryl methyl sites for hydroxylation is 1. The molecular formula is C18H13I. The lowest BCUT2D eigenvalue weighted by Crippen LogP contribution is -2.06. The normalized spacial score (nSPS) is 13.1. The first-order chi connectivity index (χ1) is 9.34. The Hall–Kier alpha value is -1.35. The molecule has 1 aliphatic rings. The molecule has 1 aliphatic carbocycles. The maximum absolute atomic E-state index is 2.49. The van der Waals surface area contributed by atoms with E-state index in [1.807, 2.05) is 0 Å². The van der Waals surface area contributed by atoms with Gasteiger partial charge in [-0.15, -0.1) is 0 Å². The summed E-state index contributed by atoms with van der Waals surface area (Å²) in [5, 5.41) is 2.74. The molecule has 1 heteroatoms. The number of hydrogen-bond acceptors (Lipinski definition) is 0. The van der Waals surface area contributed by atoms with Crippen LogP contribution in [0.25, 0.3) is 21.9 Å². The van der Waals surface area contributed by atoms with Crippen molar-refractivity contribution in [2.45, 2.75) is 12.8 Å². The maximum Gasteiger partial charge on any atom is 0.0175 e. The summed E-state index contributed by atoms with van der Waals surface area (Å²) < 4.78 is 1.40. The number of benzene rings is 3. The summed E-state index contributed by atoms with van der Waals surface area (Å²) in [6.07, 6.45) is 2.33. The van der Waals surface area contributed by atoms with Gasteiger partial charge in [0, 0.05) is 3.57 Å². The first-order valence-corrected chi connectivity index (χ1v) is 7.71. The topological polar surface area (TPSA) is 0 Å². The Kier molecular flexibility index (Phi) is 2.62. The largest absolute Gasteiger partial charge is 0.0620 e. The summed E-state index contributed by atoms with van der Waals surface area (Å²) in [6, 6.07) is 19.9. The molecule has 19 heavy (non-hydrogen) atoms. The Morgan fingerprint density at radius 2 is 1.63 bits per heavy atom. The van der Waals surface area contributed by atoms with Crippen molar-refractivity contribution in [3.8, 4) is 11.1 Å². The summed E-state index contributed by atoms with van der Waals surface area (Å²) in [5.41, 5.74) is 5.91. The Labute approximate surface area is 126 Å². The van der Waals surface area contributed by atoms with Gasteiger partial charge in [-0.05, 0) is 74.5 Å². The van der Waals surface area contributed by atoms with E-state index in [-0.39, 0.29) is 0 Å². The van der Waals surface area contributed by atoms with Crippen molar-refractivity contribution < 1.29 is 0 Å². The molecule has 0 fully saturated rings. The highest BCUT2D eigenvalue weighted by Crippen LogP contribution is 2.40. The maximum atomic E-state index is 2.49. The zero-order valence-corrected chi connectivity index (χ0v) is 12.6. The Morgan fingerprint density at radius 1 is 0.842 bits per heavy atom. The minimum absolute atomic E-state index is 1.16. The number of halogens is 1. The van der Waals surface area contributed by atoms with Crippen molar-refractivity contribution in [2.75, 3.05) is 0 Å². The van der Waals surface area contributed by atoms with Crippen LogP contribution in [0.4, 0.5) is 0 Å². The van der Waals surface area contributed by atoms with Crippen LogP contribution < -0.4 is 0 Å². The van der Waals surface area contributed by atoms with E-state index in [0.29, 0.717) is 0 Å². The van der Waals surface area contributed by atoms with Crippen molar-refractivity contribution in [2.24, 2.45) is 0 Å². The molecule has 4 rings (SSSR count). The summed E-state index contributed by atoms with van der Waals surface area (Å²) >= 11 is 2.49. The lowest BCUT2D eigenvalue weighted by atomic mass is 9.83. The van der Waals surface area contributed by atoms with Crippen molar-refractivity contribution in [3.05, 3.63) is 69.3 Å². The standard InChI is InChI=1S/C18H13I/c19-17-11-13-6-2-4-8-15(13)18-14-7-3-1-5-12(14)9-10-16(17)18/h1-8,11H,9-10H2. The van der Waals surface area contributed by atoms with Gasteiger partial charge in [-0.25, -0.2) is 0 Å². The Bertz CT molecular complexity index is 787. The van der Waals surface area contributed by atoms with E-state index in [4.69, 9.17) is 0 Å². The molecule has 0 N–H and O–H groups in total. The second kappa shape index (κ2) is 4.34. The second-order valence-electron chi connectivity index (χ2n) is 5.09. The third-order valence-corrected chi connectivity index (χ3v) is 5.00. The molecule has 3 aromatic rings. The monoisotopic (exact) mass is 356 g/mol. The highest BCUT2D eigenvalue weighted by Gasteiger charge is 2.20. The van der Waals surface area contributed by atoms with Crippen LogP contribution in [0.1, 0.15) is 11.1 Å². The predicted octanol–water partition coefficient (Wildman–Crippen LogP) is 5.21. The molecular weight excluding hydrogens is 343 g/mol. The molecule has 0 aliphatic heterocycles. The first-order valence-electron chi connectivity index (χ1n) is 6.63. The van der Waals surface area contributed by atoms with E-state index >= 15 is 0 Å². The average Bonchev–Trinajstić information content (AvgIpc) is 2.47. The van der Waals surface area contributed by atoms with Gasteiger partial charge in [0.2, 0.25) is 0 Å². The molecule has 0 amide bonds. The summed E-state index contributed by atoms with van der Waals surface area (Å²) in [7, 11) is 0. The summed E-state index contributed by atoms with van der Waals surface area (Å²) in [6.45, 7) is 0. The van der Waals surface area contributed by atoms with E-state index in [1.54, 1.807) is 0 Å². The number of rotatable bonds is 0. The third kappa shape index (κ3) is 1.71. The van der Waals surface area contributed by atoms with Gasteiger partial charge in [-0.3, -0.25) is 0 Å². The van der Waals surface area contributed by atoms with Gasteiger partial charge in [-0.2, -0.15) is 0 Å². The van der Waals surface area contributed by atoms with Crippen LogP contribution in [0.15, 0.2) is 54.6 Å². The van der Waals surface area contributed by atoms with Gasteiger partial charge in [0.1, 0.15) is 0 Å². The number of fused-ring (bicyclic) bond motifs is 5. The van der Waals surface area contributed by atoms with E-state index in [2.05, 4.69) is 77.2 Å². The van der Waals surface area contributed by atoms with Crippen molar-refractivity contribution in [1.82, 2.24) is 0 Å². The van der Waals surface area contributed by atoms with Crippen LogP contribution in [0.2, 0.25) is 0 Å². The van der Waals surface area contributed by atoms with Gasteiger partial charge >= 0.3 is 0 Å². The van der Waals surface area contributed by atoms with Crippen LogP contribution >= 0.6 is 22.6 Å². The zero-order chi connectivity index (χ0) is 12.8. The molecule has 3 aromatic carbocycles. The van der Waals surface area contributed by atoms with E-state index < -0.39 is 0 Å². The minimum Gasteiger partial charge on any atom is -0.0620 e. The molecule has 0 atom stereocenters. The highest BCUT2D eigenvalue weighted by molar-refractivity contribution is 14.1. The van der Waals surface area contributed by atoms with Crippen LogP contribution in [0.3, 0.4) is 0 Å². The highest BCUT2D eigenvalue weighted by atomic mass is 127. The van der Waals surface area contributed by atoms with E-state index in [0.717, 1.165) is 12.8 Å². The van der Waals surface area contributed by atoms with Crippen LogP contribution in [0, 0.1) is 3.57 Å². The van der Waals surface area contributed by atoms with Crippen LogP contribution in [0.5, 0.6) is 0 Å². The van der Waals surface area contributed by atoms with E-state index in [1.165, 1.54) is 36.6 Å². The SMILES string of the molecule is Ic1cc2ccccc2c2c1CCc1ccccc1-2.